The fourth-order valence-electron chi connectivity index (χ4n) is 0.321. The van der Waals surface area contributed by atoms with Crippen LogP contribution in [0.2, 0.25) is 0 Å². The van der Waals surface area contributed by atoms with E-state index in [0.717, 1.165) is 0 Å². The normalized spacial score (nSPS) is 4.83. The Balaban J connectivity index is -0.0000000219. The van der Waals surface area contributed by atoms with E-state index in [9.17, 15) is 0 Å². The monoisotopic (exact) mass is 303 g/mol. The minimum absolute atomic E-state index is 0. The van der Waals surface area contributed by atoms with Crippen LogP contribution in [0.3, 0.4) is 0 Å². The molecule has 0 N–H and O–H groups in total. The minimum Gasteiger partial charge on any atom is -1.00 e. The average molecular weight is 306 g/mol. The molecule has 1 aromatic carbocycles. The molecule has 0 aliphatic carbocycles. The molecule has 0 amide bonds. The van der Waals surface area contributed by atoms with Crippen LogP contribution in [0.5, 0.6) is 0 Å². The SMILES string of the molecule is C[CH-]C.[Cl-].[Cl-].[Cl-].[Zr+3].c1cc[cH-]c1. The molecule has 0 unspecified atom stereocenters. The number of hydrogen-bond donors (Lipinski definition) is 0. The van der Waals surface area contributed by atoms with E-state index in [0.29, 0.717) is 0 Å². The van der Waals surface area contributed by atoms with Crippen LogP contribution in [0.25, 0.3) is 0 Å². The van der Waals surface area contributed by atoms with Crippen molar-refractivity contribution in [2.75, 3.05) is 0 Å². The van der Waals surface area contributed by atoms with E-state index >= 15 is 0 Å². The van der Waals surface area contributed by atoms with E-state index in [1.807, 2.05) is 50.6 Å². The summed E-state index contributed by atoms with van der Waals surface area (Å²) < 4.78 is 0. The van der Waals surface area contributed by atoms with Gasteiger partial charge in [0.05, 0.1) is 0 Å². The summed E-state index contributed by atoms with van der Waals surface area (Å²) in [5.41, 5.74) is 0. The van der Waals surface area contributed by atoms with Crippen LogP contribution in [0.1, 0.15) is 13.8 Å². The molecule has 0 aliphatic heterocycles. The van der Waals surface area contributed by atoms with Crippen molar-refractivity contribution in [2.45, 2.75) is 13.8 Å². The van der Waals surface area contributed by atoms with Crippen LogP contribution in [0, 0.1) is 6.42 Å². The molecule has 71 valence electrons. The van der Waals surface area contributed by atoms with E-state index in [1.54, 1.807) is 0 Å². The Morgan fingerprint density at radius 3 is 1.25 bits per heavy atom. The van der Waals surface area contributed by atoms with Gasteiger partial charge in [-0.15, -0.1) is 0 Å². The molecule has 1 radical (unpaired) electrons. The predicted octanol–water partition coefficient (Wildman–Crippen LogP) is -6.35. The number of rotatable bonds is 0. The second-order valence-corrected chi connectivity index (χ2v) is 1.54. The minimum atomic E-state index is 0. The quantitative estimate of drug-likeness (QED) is 0.418. The van der Waals surface area contributed by atoms with Crippen LogP contribution in [-0.4, -0.2) is 0 Å². The molecule has 0 saturated heterocycles. The summed E-state index contributed by atoms with van der Waals surface area (Å²) in [5.74, 6) is 0. The zero-order valence-electron chi connectivity index (χ0n) is 7.10. The Morgan fingerprint density at radius 2 is 1.17 bits per heavy atom. The summed E-state index contributed by atoms with van der Waals surface area (Å²) in [6.45, 7) is 4.00. The van der Waals surface area contributed by atoms with Gasteiger partial charge in [0, 0.05) is 0 Å². The molecule has 0 nitrogen and oxygen atoms in total. The molecule has 0 fully saturated rings. The van der Waals surface area contributed by atoms with Gasteiger partial charge in [-0.2, -0.15) is 32.0 Å². The van der Waals surface area contributed by atoms with Gasteiger partial charge in [-0.3, -0.25) is 0 Å². The maximum Gasteiger partial charge on any atom is 3.00 e. The van der Waals surface area contributed by atoms with Gasteiger partial charge >= 0.3 is 26.2 Å². The van der Waals surface area contributed by atoms with E-state index in [4.69, 9.17) is 0 Å². The number of halogens is 3. The van der Waals surface area contributed by atoms with Crippen molar-refractivity contribution in [3.63, 3.8) is 0 Å². The van der Waals surface area contributed by atoms with Gasteiger partial charge < -0.3 is 43.6 Å². The van der Waals surface area contributed by atoms with Crippen molar-refractivity contribution in [3.8, 4) is 0 Å². The van der Waals surface area contributed by atoms with Crippen LogP contribution >= 0.6 is 0 Å². The van der Waals surface area contributed by atoms with Gasteiger partial charge in [-0.25, -0.2) is 12.1 Å². The molecular weight excluding hydrogens is 294 g/mol. The Labute approximate surface area is 113 Å². The van der Waals surface area contributed by atoms with Crippen molar-refractivity contribution in [2.24, 2.45) is 0 Å². The van der Waals surface area contributed by atoms with E-state index in [-0.39, 0.29) is 63.4 Å². The molecule has 0 aromatic heterocycles. The van der Waals surface area contributed by atoms with E-state index in [1.165, 1.54) is 0 Å². The first-order valence-electron chi connectivity index (χ1n) is 2.82. The number of hydrogen-bond acceptors (Lipinski definition) is 0. The van der Waals surface area contributed by atoms with Crippen molar-refractivity contribution >= 4 is 0 Å². The largest absolute Gasteiger partial charge is 3.00 e. The van der Waals surface area contributed by atoms with E-state index in [2.05, 4.69) is 0 Å². The molecule has 1 rings (SSSR count). The second-order valence-electron chi connectivity index (χ2n) is 1.54. The maximum atomic E-state index is 2.00. The molecule has 0 saturated carbocycles. The molecule has 0 heterocycles. The Morgan fingerprint density at radius 1 is 0.917 bits per heavy atom. The van der Waals surface area contributed by atoms with Gasteiger partial charge in [0.25, 0.3) is 0 Å². The Bertz CT molecular complexity index is 81.2. The van der Waals surface area contributed by atoms with Gasteiger partial charge in [0.1, 0.15) is 0 Å². The van der Waals surface area contributed by atoms with Crippen LogP contribution in [0.15, 0.2) is 30.3 Å². The first kappa shape index (κ1) is 29.2. The smallest absolute Gasteiger partial charge is 1.00 e. The molecule has 1 aromatic rings. The third-order valence-corrected chi connectivity index (χ3v) is 0.556. The van der Waals surface area contributed by atoms with Crippen LogP contribution < -0.4 is 37.2 Å². The topological polar surface area (TPSA) is 0 Å². The summed E-state index contributed by atoms with van der Waals surface area (Å²) >= 11 is 0. The van der Waals surface area contributed by atoms with Gasteiger partial charge in [0.15, 0.2) is 0 Å². The molecule has 0 atom stereocenters. The van der Waals surface area contributed by atoms with Crippen LogP contribution in [0.4, 0.5) is 0 Å². The standard InChI is InChI=1S/C5H5.C3H7.3ClH.Zr/c1-2-4-5-3-1;1-3-2;;;;/h1-5H;3H,1-2H3;3*1H;/q2*-1;;;;+3/p-3. The first-order valence-corrected chi connectivity index (χ1v) is 2.82. The van der Waals surface area contributed by atoms with Gasteiger partial charge in [-0.1, -0.05) is 0 Å². The summed E-state index contributed by atoms with van der Waals surface area (Å²) in [5, 5.41) is 0. The third kappa shape index (κ3) is 30.4. The predicted molar refractivity (Wildman–Crippen MR) is 37.7 cm³/mol. The zero-order valence-corrected chi connectivity index (χ0v) is 11.8. The molecule has 0 spiro atoms. The molecule has 12 heavy (non-hydrogen) atoms. The van der Waals surface area contributed by atoms with Gasteiger partial charge in [-0.05, 0) is 0 Å². The van der Waals surface area contributed by atoms with Crippen LogP contribution in [-0.2, 0) is 26.2 Å². The van der Waals surface area contributed by atoms with Gasteiger partial charge in [0.2, 0.25) is 0 Å². The summed E-state index contributed by atoms with van der Waals surface area (Å²) in [4.78, 5) is 0. The average Bonchev–Trinajstić information content (AvgIpc) is 2.17. The summed E-state index contributed by atoms with van der Waals surface area (Å²) in [6.07, 6.45) is 2.00. The maximum absolute atomic E-state index is 2.00. The fraction of sp³-hybridized carbons (Fsp3) is 0.250. The molecular formula is C8H12Cl3Zr-2. The molecule has 0 bridgehead atoms. The van der Waals surface area contributed by atoms with Crippen molar-refractivity contribution in [1.82, 2.24) is 0 Å². The Kier molecular flexibility index (Phi) is 72.0. The molecule has 0 aliphatic rings. The van der Waals surface area contributed by atoms with E-state index < -0.39 is 0 Å². The van der Waals surface area contributed by atoms with Crippen molar-refractivity contribution in [3.05, 3.63) is 36.8 Å². The fourth-order valence-corrected chi connectivity index (χ4v) is 0.321. The van der Waals surface area contributed by atoms with Crippen molar-refractivity contribution < 1.29 is 63.4 Å². The second kappa shape index (κ2) is 29.6. The summed E-state index contributed by atoms with van der Waals surface area (Å²) in [6, 6.07) is 10.0. The zero-order chi connectivity index (χ0) is 6.24. The molecule has 4 heteroatoms. The van der Waals surface area contributed by atoms with Crippen molar-refractivity contribution in [1.29, 1.82) is 0 Å². The first-order chi connectivity index (χ1) is 3.91. The third-order valence-electron chi connectivity index (χ3n) is 0.556. The summed E-state index contributed by atoms with van der Waals surface area (Å²) in [7, 11) is 0. The Hall–Kier alpha value is 1.10.